The van der Waals surface area contributed by atoms with E-state index in [4.69, 9.17) is 19.2 Å². The zero-order valence-electron chi connectivity index (χ0n) is 44.8. The van der Waals surface area contributed by atoms with Crippen LogP contribution in [0.5, 0.6) is 34.5 Å². The molecule has 0 saturated heterocycles. The van der Waals surface area contributed by atoms with Crippen molar-refractivity contribution in [1.29, 1.82) is 0 Å². The van der Waals surface area contributed by atoms with Gasteiger partial charge in [-0.2, -0.15) is 18.2 Å². The number of nitrogens with zero attached hydrogens (tertiary/aromatic N) is 4. The van der Waals surface area contributed by atoms with Crippen molar-refractivity contribution in [3.05, 3.63) is 193 Å². The second-order valence-electron chi connectivity index (χ2n) is 24.3. The fourth-order valence-corrected chi connectivity index (χ4v) is 10.5. The minimum absolute atomic E-state index is 0. The number of rotatable bonds is 6. The van der Waals surface area contributed by atoms with Crippen LogP contribution >= 0.6 is 0 Å². The van der Waals surface area contributed by atoms with Gasteiger partial charge in [-0.15, -0.1) is 29.7 Å². The van der Waals surface area contributed by atoms with Crippen LogP contribution in [-0.2, 0) is 42.7 Å². The molecule has 3 aromatic heterocycles. The van der Waals surface area contributed by atoms with Crippen molar-refractivity contribution >= 4 is 44.9 Å². The van der Waals surface area contributed by atoms with Crippen LogP contribution in [0.15, 0.2) is 152 Å². The molecule has 0 radical (unpaired) electrons. The average molecular weight is 1160 g/mol. The Morgan fingerprint density at radius 2 is 1.16 bits per heavy atom. The molecule has 0 atom stereocenters. The van der Waals surface area contributed by atoms with Gasteiger partial charge >= 0.3 is 0 Å². The van der Waals surface area contributed by atoms with E-state index in [-0.39, 0.29) is 49.4 Å². The summed E-state index contributed by atoms with van der Waals surface area (Å²) in [5, 5.41) is 2.09. The Labute approximate surface area is 456 Å². The fourth-order valence-electron chi connectivity index (χ4n) is 10.5. The van der Waals surface area contributed by atoms with Crippen molar-refractivity contribution in [1.82, 2.24) is 14.1 Å². The van der Waals surface area contributed by atoms with Crippen molar-refractivity contribution in [2.45, 2.75) is 105 Å². The maximum absolute atomic E-state index is 6.93. The van der Waals surface area contributed by atoms with Crippen LogP contribution in [0.25, 0.3) is 50.1 Å². The smallest absolute Gasteiger partial charge is 0.267 e. The number of imidazole rings is 1. The first-order valence-electron chi connectivity index (χ1n) is 25.8. The molecule has 0 saturated carbocycles. The summed E-state index contributed by atoms with van der Waals surface area (Å²) >= 11 is 0. The topological polar surface area (TPSA) is 54.3 Å². The Morgan fingerprint density at radius 3 is 1.81 bits per heavy atom. The van der Waals surface area contributed by atoms with Gasteiger partial charge in [0.25, 0.3) is 13.0 Å². The number of aromatic nitrogens is 4. The van der Waals surface area contributed by atoms with Crippen LogP contribution in [0.2, 0.25) is 0 Å². The normalized spacial score (nSPS) is 13.1. The minimum Gasteiger partial charge on any atom is -0.510 e. The van der Waals surface area contributed by atoms with E-state index < -0.39 is 0 Å². The molecule has 0 amide bonds. The third kappa shape index (κ3) is 9.09. The maximum Gasteiger partial charge on any atom is 0.267 e. The van der Waals surface area contributed by atoms with E-state index in [0.717, 1.165) is 78.6 Å². The number of ether oxygens (including phenoxy) is 3. The van der Waals surface area contributed by atoms with Gasteiger partial charge in [-0.1, -0.05) is 137 Å². The van der Waals surface area contributed by atoms with E-state index in [1.165, 1.54) is 33.2 Å². The fraction of sp³-hybridized carbons (Fsp3) is 0.242. The Bertz CT molecular complexity index is 3810. The van der Waals surface area contributed by atoms with Crippen LogP contribution in [0.3, 0.4) is 0 Å². The van der Waals surface area contributed by atoms with Crippen LogP contribution < -0.4 is 35.2 Å². The van der Waals surface area contributed by atoms with Crippen LogP contribution in [0, 0.1) is 18.5 Å². The van der Waals surface area contributed by atoms with Crippen molar-refractivity contribution in [2.24, 2.45) is 0 Å². The van der Waals surface area contributed by atoms with Crippen LogP contribution in [-0.4, -0.2) is 20.8 Å². The average Bonchev–Trinajstić information content (AvgIpc) is 4.04. The van der Waals surface area contributed by atoms with Crippen molar-refractivity contribution < 1.29 is 39.8 Å². The largest absolute Gasteiger partial charge is 0.510 e. The Morgan fingerprint density at radius 1 is 0.547 bits per heavy atom. The van der Waals surface area contributed by atoms with E-state index in [1.807, 2.05) is 52.0 Å². The van der Waals surface area contributed by atoms with Gasteiger partial charge in [-0.25, -0.2) is 4.98 Å². The summed E-state index contributed by atoms with van der Waals surface area (Å²) in [6.45, 7) is 26.9. The summed E-state index contributed by atoms with van der Waals surface area (Å²) in [6.07, 6.45) is 9.38. The van der Waals surface area contributed by atoms with Gasteiger partial charge in [0.1, 0.15) is 28.8 Å². The number of hydrogen-bond donors (Lipinski definition) is 0. The second-order valence-corrected chi connectivity index (χ2v) is 24.3. The molecule has 2 aliphatic rings. The zero-order chi connectivity index (χ0) is 51.6. The van der Waals surface area contributed by atoms with Gasteiger partial charge in [0, 0.05) is 62.1 Å². The molecule has 2 aliphatic heterocycles. The number of hydrogen-bond acceptors (Lipinski definition) is 4. The Hall–Kier alpha value is -7.15. The van der Waals surface area contributed by atoms with Gasteiger partial charge in [0.15, 0.2) is 0 Å². The molecule has 75 heavy (non-hydrogen) atoms. The predicted octanol–water partition coefficient (Wildman–Crippen LogP) is 14.0. The van der Waals surface area contributed by atoms with Gasteiger partial charge in [-0.3, -0.25) is 4.57 Å². The predicted molar refractivity (Wildman–Crippen MR) is 300 cm³/mol. The maximum atomic E-state index is 6.93. The molecule has 5 heterocycles. The summed E-state index contributed by atoms with van der Waals surface area (Å²) in [4.78, 5) is 4.99. The molecule has 378 valence electrons. The standard InChI is InChI=1S/C66H61BN4O3.Pt/c1-63(2,3)43-15-13-16-47(34-43)69-29-30-70(40-69)48-17-14-18-49(38-48)72-50-22-23-51-52-31-41(19-24-55(52)71(56(51)39-50)61-37-46(27-28-68-61)66(10,11)12)42-32-59-62-60(33-42)74-58-26-21-45(65(7,8)9)36-54(58)67(62)53-35-44(64(4,5)6)20-25-57(53)73-59;/h13-37H,1-12H3;/q-2;. The Balaban J connectivity index is 0.00000602. The minimum atomic E-state index is -0.0873. The number of fused-ring (bicyclic) bond motifs is 7. The molecule has 0 aliphatic carbocycles. The van der Waals surface area contributed by atoms with Crippen molar-refractivity contribution in [3.8, 4) is 62.8 Å². The molecule has 10 aromatic rings. The molecule has 12 rings (SSSR count). The zero-order valence-corrected chi connectivity index (χ0v) is 47.1. The van der Waals surface area contributed by atoms with E-state index in [0.29, 0.717) is 11.5 Å². The SMILES string of the molecule is CC(C)(C)c1cccc(-[n+]2[c-]n(-c3[c-]c(Oc4[c-]c5c(cc4)c4cc(-c6cc7c8c(c6)Oc6ccc(C(C)(C)C)cc6B8c6cc(C(C)(C)C)ccc6O7)ccc4n5-c4cc(C(C)(C)C)ccn4)ccc3)cc2)c1.[Pt]. The second kappa shape index (κ2) is 18.0. The van der Waals surface area contributed by atoms with Crippen LogP contribution in [0.1, 0.15) is 105 Å². The summed E-state index contributed by atoms with van der Waals surface area (Å²) < 4.78 is 26.6. The van der Waals surface area contributed by atoms with Gasteiger partial charge < -0.3 is 23.3 Å². The summed E-state index contributed by atoms with van der Waals surface area (Å²) in [6, 6.07) is 54.6. The quantitative estimate of drug-likeness (QED) is 0.0946. The van der Waals surface area contributed by atoms with Gasteiger partial charge in [0.05, 0.1) is 5.69 Å². The molecule has 9 heteroatoms. The molecule has 0 unspecified atom stereocenters. The van der Waals surface area contributed by atoms with Crippen LogP contribution in [0.4, 0.5) is 0 Å². The first kappa shape index (κ1) is 50.0. The van der Waals surface area contributed by atoms with E-state index >= 15 is 0 Å². The van der Waals surface area contributed by atoms with Crippen molar-refractivity contribution in [2.75, 3.05) is 0 Å². The summed E-state index contributed by atoms with van der Waals surface area (Å²) in [7, 11) is 0. The molecule has 7 aromatic carbocycles. The van der Waals surface area contributed by atoms with Crippen molar-refractivity contribution in [3.63, 3.8) is 0 Å². The molecule has 0 bridgehead atoms. The number of pyridine rings is 1. The van der Waals surface area contributed by atoms with Gasteiger partial charge in [0.2, 0.25) is 0 Å². The molecular formula is C66H61BN4O3Pt-2. The molecule has 0 fully saturated rings. The first-order valence-corrected chi connectivity index (χ1v) is 25.8. The van der Waals surface area contributed by atoms with E-state index in [2.05, 4.69) is 215 Å². The summed E-state index contributed by atoms with van der Waals surface area (Å²) in [5.74, 6) is 5.32. The Kier molecular flexibility index (Phi) is 12.0. The number of benzene rings is 7. The monoisotopic (exact) mass is 1160 g/mol. The third-order valence-corrected chi connectivity index (χ3v) is 14.8. The molecular weight excluding hydrogens is 1100 g/mol. The first-order chi connectivity index (χ1) is 35.1. The van der Waals surface area contributed by atoms with E-state index in [1.54, 1.807) is 0 Å². The molecule has 0 N–H and O–H groups in total. The summed E-state index contributed by atoms with van der Waals surface area (Å²) in [5.41, 5.74) is 14.1. The molecule has 0 spiro atoms. The van der Waals surface area contributed by atoms with Gasteiger partial charge in [-0.05, 0) is 132 Å². The molecule has 7 nitrogen and oxygen atoms in total. The van der Waals surface area contributed by atoms with E-state index in [9.17, 15) is 0 Å². The third-order valence-electron chi connectivity index (χ3n) is 14.8.